The van der Waals surface area contributed by atoms with Crippen LogP contribution in [0.5, 0.6) is 0 Å². The Hall–Kier alpha value is -0.970. The van der Waals surface area contributed by atoms with E-state index >= 15 is 0 Å². The molecular weight excluding hydrogens is 360 g/mol. The minimum absolute atomic E-state index is 0.303. The van der Waals surface area contributed by atoms with Crippen molar-refractivity contribution in [1.82, 2.24) is 5.32 Å². The van der Waals surface area contributed by atoms with E-state index < -0.39 is 0 Å². The lowest BCUT2D eigenvalue weighted by atomic mass is 9.98. The first-order valence-electron chi connectivity index (χ1n) is 6.63. The number of benzene rings is 2. The van der Waals surface area contributed by atoms with Crippen molar-refractivity contribution in [3.63, 3.8) is 0 Å². The first kappa shape index (κ1) is 16.4. The molecule has 2 aromatic rings. The maximum Gasteiger partial charge on any atom is 0.129 e. The molecule has 0 radical (unpaired) electrons. The Morgan fingerprint density at radius 3 is 2.52 bits per heavy atom. The van der Waals surface area contributed by atoms with Gasteiger partial charge in [0.1, 0.15) is 11.6 Å². The SMILES string of the molecule is CCNC(Cc1ccc(Br)cc1F)c1ccc(Cl)cc1F. The molecule has 2 aromatic carbocycles. The third-order valence-electron chi connectivity index (χ3n) is 3.23. The molecule has 0 aliphatic rings. The average Bonchev–Trinajstić information content (AvgIpc) is 2.41. The fraction of sp³-hybridized carbons (Fsp3) is 0.250. The molecule has 2 rings (SSSR count). The van der Waals surface area contributed by atoms with Crippen molar-refractivity contribution in [2.24, 2.45) is 0 Å². The number of hydrogen-bond acceptors (Lipinski definition) is 1. The summed E-state index contributed by atoms with van der Waals surface area (Å²) in [6.07, 6.45) is 0.367. The predicted octanol–water partition coefficient (Wildman–Crippen LogP) is 5.27. The maximum atomic E-state index is 14.1. The van der Waals surface area contributed by atoms with Crippen LogP contribution >= 0.6 is 27.5 Å². The highest BCUT2D eigenvalue weighted by atomic mass is 79.9. The van der Waals surface area contributed by atoms with Crippen LogP contribution in [0.25, 0.3) is 0 Å². The summed E-state index contributed by atoms with van der Waals surface area (Å²) in [5.74, 6) is -0.687. The van der Waals surface area contributed by atoms with Crippen molar-refractivity contribution in [2.45, 2.75) is 19.4 Å². The Balaban J connectivity index is 2.30. The number of halogens is 4. The second-order valence-corrected chi connectivity index (χ2v) is 6.07. The standard InChI is InChI=1S/C16H15BrClF2N/c1-2-21-16(13-6-5-12(18)9-15(13)20)7-10-3-4-11(17)8-14(10)19/h3-6,8-9,16,21H,2,7H2,1H3. The fourth-order valence-electron chi connectivity index (χ4n) is 2.23. The van der Waals surface area contributed by atoms with Gasteiger partial charge in [-0.05, 0) is 42.8 Å². The van der Waals surface area contributed by atoms with E-state index in [4.69, 9.17) is 11.6 Å². The summed E-state index contributed by atoms with van der Waals surface area (Å²) in [7, 11) is 0. The molecule has 5 heteroatoms. The van der Waals surface area contributed by atoms with Gasteiger partial charge in [0.25, 0.3) is 0 Å². The van der Waals surface area contributed by atoms with Crippen LogP contribution < -0.4 is 5.32 Å². The molecule has 1 unspecified atom stereocenters. The number of nitrogens with one attached hydrogen (secondary N) is 1. The Morgan fingerprint density at radius 2 is 1.90 bits per heavy atom. The van der Waals surface area contributed by atoms with Gasteiger partial charge in [-0.2, -0.15) is 0 Å². The number of hydrogen-bond donors (Lipinski definition) is 1. The van der Waals surface area contributed by atoms with E-state index in [1.807, 2.05) is 6.92 Å². The van der Waals surface area contributed by atoms with Gasteiger partial charge >= 0.3 is 0 Å². The normalized spacial score (nSPS) is 12.4. The lowest BCUT2D eigenvalue weighted by molar-refractivity contribution is 0.498. The van der Waals surface area contributed by atoms with Gasteiger partial charge in [-0.25, -0.2) is 8.78 Å². The van der Waals surface area contributed by atoms with Crippen molar-refractivity contribution < 1.29 is 8.78 Å². The first-order chi connectivity index (χ1) is 10.0. The monoisotopic (exact) mass is 373 g/mol. The smallest absolute Gasteiger partial charge is 0.129 e. The summed E-state index contributed by atoms with van der Waals surface area (Å²) in [5, 5.41) is 3.54. The topological polar surface area (TPSA) is 12.0 Å². The molecule has 0 aromatic heterocycles. The van der Waals surface area contributed by atoms with Gasteiger partial charge < -0.3 is 5.32 Å². The molecule has 0 fully saturated rings. The quantitative estimate of drug-likeness (QED) is 0.751. The third kappa shape index (κ3) is 4.25. The second-order valence-electron chi connectivity index (χ2n) is 4.72. The molecule has 0 amide bonds. The summed E-state index contributed by atoms with van der Waals surface area (Å²) in [4.78, 5) is 0. The molecule has 1 N–H and O–H groups in total. The molecule has 0 bridgehead atoms. The zero-order chi connectivity index (χ0) is 15.4. The summed E-state index contributed by atoms with van der Waals surface area (Å²) < 4.78 is 28.7. The van der Waals surface area contributed by atoms with Crippen LogP contribution in [-0.2, 0) is 6.42 Å². The van der Waals surface area contributed by atoms with E-state index in [1.165, 1.54) is 12.1 Å². The van der Waals surface area contributed by atoms with Crippen LogP contribution in [0.2, 0.25) is 5.02 Å². The minimum Gasteiger partial charge on any atom is -0.310 e. The highest BCUT2D eigenvalue weighted by molar-refractivity contribution is 9.10. The van der Waals surface area contributed by atoms with Crippen LogP contribution in [0.1, 0.15) is 24.1 Å². The summed E-state index contributed by atoms with van der Waals surface area (Å²) in [6, 6.07) is 9.15. The van der Waals surface area contributed by atoms with Gasteiger partial charge in [0.05, 0.1) is 0 Å². The Labute approximate surface area is 136 Å². The van der Waals surface area contributed by atoms with Gasteiger partial charge in [0, 0.05) is 21.1 Å². The first-order valence-corrected chi connectivity index (χ1v) is 7.80. The van der Waals surface area contributed by atoms with E-state index in [2.05, 4.69) is 21.2 Å². The Morgan fingerprint density at radius 1 is 1.14 bits per heavy atom. The van der Waals surface area contributed by atoms with Crippen LogP contribution in [0.4, 0.5) is 8.78 Å². The number of rotatable bonds is 5. The van der Waals surface area contributed by atoms with Gasteiger partial charge in [-0.3, -0.25) is 0 Å². The highest BCUT2D eigenvalue weighted by Gasteiger charge is 2.17. The van der Waals surface area contributed by atoms with E-state index in [0.717, 1.165) is 0 Å². The zero-order valence-electron chi connectivity index (χ0n) is 11.5. The van der Waals surface area contributed by atoms with Crippen molar-refractivity contribution in [2.75, 3.05) is 6.54 Å². The van der Waals surface area contributed by atoms with Gasteiger partial charge in [0.2, 0.25) is 0 Å². The van der Waals surface area contributed by atoms with Crippen molar-refractivity contribution in [3.05, 3.63) is 68.7 Å². The number of likely N-dealkylation sites (N-methyl/N-ethyl adjacent to an activating group) is 1. The Bertz CT molecular complexity index is 634. The molecular formula is C16H15BrClF2N. The van der Waals surface area contributed by atoms with Gasteiger partial charge in [-0.15, -0.1) is 0 Å². The van der Waals surface area contributed by atoms with Gasteiger partial charge in [-0.1, -0.05) is 46.6 Å². The molecule has 1 nitrogen and oxygen atoms in total. The van der Waals surface area contributed by atoms with Crippen LogP contribution in [0.15, 0.2) is 40.9 Å². The van der Waals surface area contributed by atoms with Crippen LogP contribution in [0.3, 0.4) is 0 Å². The summed E-state index contributed by atoms with van der Waals surface area (Å²) >= 11 is 9.00. The summed E-state index contributed by atoms with van der Waals surface area (Å²) in [5.41, 5.74) is 1.03. The average molecular weight is 375 g/mol. The molecule has 0 spiro atoms. The Kier molecular flexibility index (Phi) is 5.73. The largest absolute Gasteiger partial charge is 0.310 e. The maximum absolute atomic E-state index is 14.1. The predicted molar refractivity (Wildman–Crippen MR) is 85.6 cm³/mol. The van der Waals surface area contributed by atoms with E-state index in [-0.39, 0.29) is 17.7 Å². The van der Waals surface area contributed by atoms with Crippen molar-refractivity contribution in [1.29, 1.82) is 0 Å². The second kappa shape index (κ2) is 7.34. The molecule has 0 saturated carbocycles. The van der Waals surface area contributed by atoms with Crippen molar-refractivity contribution in [3.8, 4) is 0 Å². The van der Waals surface area contributed by atoms with E-state index in [9.17, 15) is 8.78 Å². The van der Waals surface area contributed by atoms with Crippen molar-refractivity contribution >= 4 is 27.5 Å². The molecule has 21 heavy (non-hydrogen) atoms. The lowest BCUT2D eigenvalue weighted by Crippen LogP contribution is -2.24. The highest BCUT2D eigenvalue weighted by Crippen LogP contribution is 2.26. The van der Waals surface area contributed by atoms with Crippen LogP contribution in [-0.4, -0.2) is 6.54 Å². The molecule has 1 atom stereocenters. The molecule has 112 valence electrons. The molecule has 0 heterocycles. The lowest BCUT2D eigenvalue weighted by Gasteiger charge is -2.19. The zero-order valence-corrected chi connectivity index (χ0v) is 13.8. The molecule has 0 aliphatic carbocycles. The van der Waals surface area contributed by atoms with E-state index in [1.54, 1.807) is 24.3 Å². The van der Waals surface area contributed by atoms with Crippen LogP contribution in [0, 0.1) is 11.6 Å². The van der Waals surface area contributed by atoms with E-state index in [0.29, 0.717) is 33.6 Å². The molecule has 0 aliphatic heterocycles. The van der Waals surface area contributed by atoms with Gasteiger partial charge in [0.15, 0.2) is 0 Å². The fourth-order valence-corrected chi connectivity index (χ4v) is 2.72. The summed E-state index contributed by atoms with van der Waals surface area (Å²) in [6.45, 7) is 2.59. The molecule has 0 saturated heterocycles. The minimum atomic E-state index is -0.383. The third-order valence-corrected chi connectivity index (χ3v) is 3.96.